The number of hydrogen-bond donors (Lipinski definition) is 0. The molecule has 0 spiro atoms. The summed E-state index contributed by atoms with van der Waals surface area (Å²) >= 11 is 0. The number of rotatable bonds is 2. The maximum atomic E-state index is 2.50. The molecule has 0 nitrogen and oxygen atoms in total. The van der Waals surface area contributed by atoms with Crippen LogP contribution in [-0.4, -0.2) is 0 Å². The molecule has 0 unspecified atom stereocenters. The maximum Gasteiger partial charge on any atom is -0.0159 e. The first kappa shape index (κ1) is 11.1. The van der Waals surface area contributed by atoms with E-state index in [0.29, 0.717) is 0 Å². The SMILES string of the molecule is CC1=CC(C2CCC2)=C(C2=CC=CCC2)CC1. The molecule has 0 aromatic heterocycles. The van der Waals surface area contributed by atoms with Crippen LogP contribution in [0.15, 0.2) is 46.6 Å². The largest absolute Gasteiger partial charge is 0.0842 e. The van der Waals surface area contributed by atoms with Crippen LogP contribution in [0.1, 0.15) is 51.9 Å². The zero-order valence-corrected chi connectivity index (χ0v) is 10.8. The summed E-state index contributed by atoms with van der Waals surface area (Å²) in [4.78, 5) is 0. The molecule has 3 aliphatic rings. The quantitative estimate of drug-likeness (QED) is 0.614. The second kappa shape index (κ2) is 4.68. The first-order valence-electron chi connectivity index (χ1n) is 7.11. The van der Waals surface area contributed by atoms with Gasteiger partial charge in [0.05, 0.1) is 0 Å². The van der Waals surface area contributed by atoms with E-state index in [0.717, 1.165) is 5.92 Å². The minimum absolute atomic E-state index is 0.882. The van der Waals surface area contributed by atoms with Gasteiger partial charge in [0, 0.05) is 0 Å². The van der Waals surface area contributed by atoms with Gasteiger partial charge in [-0.1, -0.05) is 36.3 Å². The summed E-state index contributed by atoms with van der Waals surface area (Å²) in [6, 6.07) is 0. The van der Waals surface area contributed by atoms with Crippen molar-refractivity contribution < 1.29 is 0 Å². The lowest BCUT2D eigenvalue weighted by Crippen LogP contribution is -2.17. The fourth-order valence-electron chi connectivity index (χ4n) is 3.17. The predicted octanol–water partition coefficient (Wildman–Crippen LogP) is 5.10. The second-order valence-corrected chi connectivity index (χ2v) is 5.71. The molecule has 0 aliphatic heterocycles. The molecular weight excluding hydrogens is 204 g/mol. The van der Waals surface area contributed by atoms with Crippen LogP contribution in [0.5, 0.6) is 0 Å². The van der Waals surface area contributed by atoms with E-state index in [1.54, 1.807) is 22.3 Å². The van der Waals surface area contributed by atoms with Crippen LogP contribution in [0.2, 0.25) is 0 Å². The highest BCUT2D eigenvalue weighted by Crippen LogP contribution is 2.42. The third kappa shape index (κ3) is 2.18. The Hall–Kier alpha value is -1.04. The van der Waals surface area contributed by atoms with Gasteiger partial charge in [0.15, 0.2) is 0 Å². The first-order chi connectivity index (χ1) is 8.34. The first-order valence-corrected chi connectivity index (χ1v) is 7.11. The van der Waals surface area contributed by atoms with Crippen LogP contribution in [-0.2, 0) is 0 Å². The van der Waals surface area contributed by atoms with Crippen LogP contribution in [0.25, 0.3) is 0 Å². The van der Waals surface area contributed by atoms with Crippen molar-refractivity contribution in [3.8, 4) is 0 Å². The van der Waals surface area contributed by atoms with Gasteiger partial charge in [-0.2, -0.15) is 0 Å². The lowest BCUT2D eigenvalue weighted by atomic mass is 9.73. The van der Waals surface area contributed by atoms with Gasteiger partial charge in [0.25, 0.3) is 0 Å². The van der Waals surface area contributed by atoms with Crippen LogP contribution in [0.3, 0.4) is 0 Å². The van der Waals surface area contributed by atoms with Crippen LogP contribution in [0, 0.1) is 5.92 Å². The highest BCUT2D eigenvalue weighted by molar-refractivity contribution is 5.47. The van der Waals surface area contributed by atoms with Gasteiger partial charge >= 0.3 is 0 Å². The van der Waals surface area contributed by atoms with Crippen molar-refractivity contribution in [2.75, 3.05) is 0 Å². The Labute approximate surface area is 105 Å². The van der Waals surface area contributed by atoms with E-state index < -0.39 is 0 Å². The highest BCUT2D eigenvalue weighted by Gasteiger charge is 2.26. The fourth-order valence-corrected chi connectivity index (χ4v) is 3.17. The molecule has 0 radical (unpaired) electrons. The summed E-state index contributed by atoms with van der Waals surface area (Å²) in [7, 11) is 0. The Kier molecular flexibility index (Phi) is 3.05. The van der Waals surface area contributed by atoms with Crippen LogP contribution >= 0.6 is 0 Å². The van der Waals surface area contributed by atoms with Crippen molar-refractivity contribution in [3.63, 3.8) is 0 Å². The molecule has 0 heterocycles. The Balaban J connectivity index is 1.96. The van der Waals surface area contributed by atoms with Crippen molar-refractivity contribution in [2.24, 2.45) is 5.92 Å². The van der Waals surface area contributed by atoms with Crippen molar-refractivity contribution in [1.82, 2.24) is 0 Å². The zero-order valence-electron chi connectivity index (χ0n) is 10.8. The molecule has 1 fully saturated rings. The van der Waals surface area contributed by atoms with Crippen molar-refractivity contribution in [1.29, 1.82) is 0 Å². The average molecular weight is 226 g/mol. The normalized spacial score (nSPS) is 25.5. The predicted molar refractivity (Wildman–Crippen MR) is 73.8 cm³/mol. The van der Waals surface area contributed by atoms with Gasteiger partial charge in [-0.05, 0) is 68.1 Å². The molecule has 0 aromatic carbocycles. The van der Waals surface area contributed by atoms with Crippen molar-refractivity contribution >= 4 is 0 Å². The van der Waals surface area contributed by atoms with Crippen LogP contribution in [0.4, 0.5) is 0 Å². The Morgan fingerprint density at radius 2 is 2.00 bits per heavy atom. The number of hydrogen-bond acceptors (Lipinski definition) is 0. The maximum absolute atomic E-state index is 2.50. The summed E-state index contributed by atoms with van der Waals surface area (Å²) in [5.41, 5.74) is 6.60. The molecule has 0 atom stereocenters. The van der Waals surface area contributed by atoms with E-state index >= 15 is 0 Å². The Morgan fingerprint density at radius 1 is 1.12 bits per heavy atom. The molecule has 0 amide bonds. The molecule has 90 valence electrons. The van der Waals surface area contributed by atoms with Crippen molar-refractivity contribution in [2.45, 2.75) is 51.9 Å². The van der Waals surface area contributed by atoms with E-state index in [-0.39, 0.29) is 0 Å². The molecule has 3 rings (SSSR count). The summed E-state index contributed by atoms with van der Waals surface area (Å²) in [5.74, 6) is 0.882. The van der Waals surface area contributed by atoms with Gasteiger partial charge < -0.3 is 0 Å². The minimum atomic E-state index is 0.882. The molecule has 1 saturated carbocycles. The third-order valence-electron chi connectivity index (χ3n) is 4.47. The van der Waals surface area contributed by atoms with Crippen molar-refractivity contribution in [3.05, 3.63) is 46.6 Å². The van der Waals surface area contributed by atoms with E-state index in [2.05, 4.69) is 31.2 Å². The molecular formula is C17H22. The summed E-state index contributed by atoms with van der Waals surface area (Å²) in [6.45, 7) is 2.30. The summed E-state index contributed by atoms with van der Waals surface area (Å²) < 4.78 is 0. The minimum Gasteiger partial charge on any atom is -0.0842 e. The summed E-state index contributed by atoms with van der Waals surface area (Å²) in [6.07, 6.45) is 18.7. The molecule has 17 heavy (non-hydrogen) atoms. The Morgan fingerprint density at radius 3 is 2.65 bits per heavy atom. The lowest BCUT2D eigenvalue weighted by molar-refractivity contribution is 0.370. The van der Waals surface area contributed by atoms with Gasteiger partial charge in [0.1, 0.15) is 0 Å². The topological polar surface area (TPSA) is 0 Å². The molecule has 0 heteroatoms. The molecule has 3 aliphatic carbocycles. The third-order valence-corrected chi connectivity index (χ3v) is 4.47. The van der Waals surface area contributed by atoms with E-state index in [9.17, 15) is 0 Å². The van der Waals surface area contributed by atoms with Gasteiger partial charge in [-0.15, -0.1) is 0 Å². The lowest BCUT2D eigenvalue weighted by Gasteiger charge is -2.32. The summed E-state index contributed by atoms with van der Waals surface area (Å²) in [5, 5.41) is 0. The monoisotopic (exact) mass is 226 g/mol. The van der Waals surface area contributed by atoms with Crippen LogP contribution < -0.4 is 0 Å². The average Bonchev–Trinajstić information content (AvgIpc) is 2.28. The zero-order chi connectivity index (χ0) is 11.7. The number of allylic oxidation sites excluding steroid dienone is 8. The van der Waals surface area contributed by atoms with Gasteiger partial charge in [-0.3, -0.25) is 0 Å². The van der Waals surface area contributed by atoms with E-state index in [1.165, 1.54) is 44.9 Å². The molecule has 0 saturated heterocycles. The fraction of sp³-hybridized carbons (Fsp3) is 0.529. The molecule has 0 aromatic rings. The highest BCUT2D eigenvalue weighted by atomic mass is 14.3. The van der Waals surface area contributed by atoms with Gasteiger partial charge in [-0.25, -0.2) is 0 Å². The van der Waals surface area contributed by atoms with E-state index in [1.807, 2.05) is 0 Å². The Bertz CT molecular complexity index is 425. The molecule has 0 N–H and O–H groups in total. The second-order valence-electron chi connectivity index (χ2n) is 5.71. The van der Waals surface area contributed by atoms with E-state index in [4.69, 9.17) is 0 Å². The van der Waals surface area contributed by atoms with Gasteiger partial charge in [0.2, 0.25) is 0 Å². The molecule has 0 bridgehead atoms. The standard InChI is InChI=1S/C17H22/c1-13-10-11-16(14-6-3-2-4-7-14)17(12-13)15-8-5-9-15/h2-3,6,12,15H,4-5,7-11H2,1H3. The smallest absolute Gasteiger partial charge is 0.0159 e.